The summed E-state index contributed by atoms with van der Waals surface area (Å²) in [6.45, 7) is 0.708. The highest BCUT2D eigenvalue weighted by molar-refractivity contribution is 7.22. The molecule has 1 fully saturated rings. The number of fused-ring (bicyclic) bond motifs is 2. The van der Waals surface area contributed by atoms with Crippen molar-refractivity contribution in [1.82, 2.24) is 9.88 Å². The van der Waals surface area contributed by atoms with Crippen LogP contribution in [0.3, 0.4) is 0 Å². The van der Waals surface area contributed by atoms with Gasteiger partial charge in [0.05, 0.1) is 10.2 Å². The molecule has 4 rings (SSSR count). The van der Waals surface area contributed by atoms with E-state index >= 15 is 0 Å². The van der Waals surface area contributed by atoms with Crippen LogP contribution in [0.15, 0.2) is 12.1 Å². The quantitative estimate of drug-likeness (QED) is 0.837. The topological polar surface area (TPSA) is 97.8 Å². The van der Waals surface area contributed by atoms with E-state index in [1.165, 1.54) is 11.3 Å². The van der Waals surface area contributed by atoms with Gasteiger partial charge >= 0.3 is 0 Å². The Hall–Kier alpha value is -2.68. The molecule has 2 aromatic rings. The van der Waals surface area contributed by atoms with Crippen molar-refractivity contribution in [1.29, 1.82) is 0 Å². The number of hydrogen-bond acceptors (Lipinski definition) is 7. The minimum atomic E-state index is -0.449. The van der Waals surface area contributed by atoms with Gasteiger partial charge in [0.2, 0.25) is 17.7 Å². The van der Waals surface area contributed by atoms with Crippen LogP contribution in [0.5, 0.6) is 11.5 Å². The van der Waals surface area contributed by atoms with Crippen LogP contribution in [0.4, 0.5) is 5.13 Å². The predicted octanol–water partition coefficient (Wildman–Crippen LogP) is 1.15. The summed E-state index contributed by atoms with van der Waals surface area (Å²) in [6.07, 6.45) is 0.331. The van der Waals surface area contributed by atoms with Crippen molar-refractivity contribution < 1.29 is 23.9 Å². The number of imide groups is 1. The number of benzene rings is 1. The van der Waals surface area contributed by atoms with Crippen LogP contribution in [-0.2, 0) is 14.4 Å². The van der Waals surface area contributed by atoms with Crippen molar-refractivity contribution >= 4 is 44.4 Å². The van der Waals surface area contributed by atoms with E-state index in [1.54, 1.807) is 6.07 Å². The van der Waals surface area contributed by atoms with Gasteiger partial charge < -0.3 is 14.8 Å². The van der Waals surface area contributed by atoms with Crippen molar-refractivity contribution in [3.63, 3.8) is 0 Å². The second-order valence-corrected chi connectivity index (χ2v) is 6.44. The van der Waals surface area contributed by atoms with Crippen LogP contribution < -0.4 is 14.8 Å². The molecule has 0 bridgehead atoms. The van der Waals surface area contributed by atoms with E-state index in [1.807, 2.05) is 6.07 Å². The molecule has 2 aliphatic rings. The second-order valence-electron chi connectivity index (χ2n) is 5.40. The Kier molecular flexibility index (Phi) is 3.57. The molecule has 3 heterocycles. The van der Waals surface area contributed by atoms with Crippen LogP contribution in [0.25, 0.3) is 10.2 Å². The maximum atomic E-state index is 12.1. The lowest BCUT2D eigenvalue weighted by atomic mass is 10.3. The molecular weight excluding hydrogens is 334 g/mol. The third-order valence-corrected chi connectivity index (χ3v) is 4.69. The summed E-state index contributed by atoms with van der Waals surface area (Å²) in [5.74, 6) is 0.200. The molecule has 24 heavy (non-hydrogen) atoms. The van der Waals surface area contributed by atoms with Crippen LogP contribution in [0, 0.1) is 0 Å². The first-order chi connectivity index (χ1) is 11.6. The fraction of sp³-hybridized carbons (Fsp3) is 0.333. The monoisotopic (exact) mass is 347 g/mol. The summed E-state index contributed by atoms with van der Waals surface area (Å²) in [5.41, 5.74) is 0.688. The molecule has 2 aliphatic heterocycles. The summed E-state index contributed by atoms with van der Waals surface area (Å²) < 4.78 is 11.9. The molecule has 1 saturated heterocycles. The number of thiazole rings is 1. The van der Waals surface area contributed by atoms with Crippen molar-refractivity contribution in [2.75, 3.05) is 25.1 Å². The largest absolute Gasteiger partial charge is 0.486 e. The van der Waals surface area contributed by atoms with Gasteiger partial charge in [0.1, 0.15) is 19.8 Å². The molecule has 9 heteroatoms. The lowest BCUT2D eigenvalue weighted by Crippen LogP contribution is -2.36. The maximum absolute atomic E-state index is 12.1. The number of ether oxygens (including phenoxy) is 2. The Bertz CT molecular complexity index is 803. The first-order valence-electron chi connectivity index (χ1n) is 7.43. The number of likely N-dealkylation sites (tertiary alicyclic amines) is 1. The molecule has 8 nitrogen and oxygen atoms in total. The molecule has 0 unspecified atom stereocenters. The number of anilines is 1. The van der Waals surface area contributed by atoms with Gasteiger partial charge in [-0.3, -0.25) is 19.3 Å². The summed E-state index contributed by atoms with van der Waals surface area (Å²) in [7, 11) is 0. The van der Waals surface area contributed by atoms with E-state index < -0.39 is 5.91 Å². The zero-order chi connectivity index (χ0) is 16.7. The van der Waals surface area contributed by atoms with E-state index in [0.717, 1.165) is 9.60 Å². The number of nitrogens with one attached hydrogen (secondary N) is 1. The third kappa shape index (κ3) is 2.67. The zero-order valence-corrected chi connectivity index (χ0v) is 13.4. The highest BCUT2D eigenvalue weighted by Gasteiger charge is 2.30. The van der Waals surface area contributed by atoms with E-state index in [0.29, 0.717) is 35.4 Å². The fourth-order valence-corrected chi connectivity index (χ4v) is 3.51. The van der Waals surface area contributed by atoms with Crippen LogP contribution in [0.2, 0.25) is 0 Å². The minimum Gasteiger partial charge on any atom is -0.486 e. The van der Waals surface area contributed by atoms with Gasteiger partial charge in [0.15, 0.2) is 16.6 Å². The number of carbonyl (C=O) groups excluding carboxylic acids is 3. The van der Waals surface area contributed by atoms with Gasteiger partial charge in [-0.25, -0.2) is 4.98 Å². The Morgan fingerprint density at radius 1 is 1.17 bits per heavy atom. The Morgan fingerprint density at radius 3 is 2.54 bits per heavy atom. The molecular formula is C15H13N3O5S. The van der Waals surface area contributed by atoms with Gasteiger partial charge in [-0.05, 0) is 0 Å². The lowest BCUT2D eigenvalue weighted by Gasteiger charge is -2.17. The highest BCUT2D eigenvalue weighted by Crippen LogP contribution is 2.37. The highest BCUT2D eigenvalue weighted by atomic mass is 32.1. The molecule has 0 spiro atoms. The van der Waals surface area contributed by atoms with Gasteiger partial charge in [0, 0.05) is 25.0 Å². The van der Waals surface area contributed by atoms with Crippen molar-refractivity contribution in [2.24, 2.45) is 0 Å². The predicted molar refractivity (Wildman–Crippen MR) is 85.2 cm³/mol. The van der Waals surface area contributed by atoms with E-state index in [-0.39, 0.29) is 31.2 Å². The van der Waals surface area contributed by atoms with Crippen molar-refractivity contribution in [3.8, 4) is 11.5 Å². The summed E-state index contributed by atoms with van der Waals surface area (Å²) in [4.78, 5) is 40.5. The van der Waals surface area contributed by atoms with Crippen LogP contribution >= 0.6 is 11.3 Å². The number of rotatable bonds is 3. The minimum absolute atomic E-state index is 0.165. The number of hydrogen-bond donors (Lipinski definition) is 1. The van der Waals surface area contributed by atoms with E-state index in [9.17, 15) is 14.4 Å². The molecule has 0 atom stereocenters. The zero-order valence-electron chi connectivity index (χ0n) is 12.5. The van der Waals surface area contributed by atoms with Crippen molar-refractivity contribution in [2.45, 2.75) is 12.8 Å². The SMILES string of the molecule is O=C(CN1C(=O)CCC1=O)Nc1nc2cc3c(cc2s1)OCCO3. The standard InChI is InChI=1S/C15H13N3O5S/c19-12(7-18-13(20)1-2-14(18)21)17-15-16-8-5-9-10(6-11(8)24-15)23-4-3-22-9/h5-6H,1-4,7H2,(H,16,17,19). The summed E-state index contributed by atoms with van der Waals surface area (Å²) in [6, 6.07) is 3.59. The fourth-order valence-electron chi connectivity index (χ4n) is 2.62. The molecule has 0 aliphatic carbocycles. The number of nitrogens with zero attached hydrogens (tertiary/aromatic N) is 2. The molecule has 3 amide bonds. The number of amides is 3. The molecule has 0 saturated carbocycles. The Labute approximate surface area is 140 Å². The van der Waals surface area contributed by atoms with Crippen molar-refractivity contribution in [3.05, 3.63) is 12.1 Å². The summed E-state index contributed by atoms with van der Waals surface area (Å²) >= 11 is 1.29. The average Bonchev–Trinajstić information content (AvgIpc) is 3.09. The van der Waals surface area contributed by atoms with Gasteiger partial charge in [0.25, 0.3) is 0 Å². The summed E-state index contributed by atoms with van der Waals surface area (Å²) in [5, 5.41) is 3.03. The first kappa shape index (κ1) is 14.9. The third-order valence-electron chi connectivity index (χ3n) is 3.76. The normalized spacial score (nSPS) is 16.8. The maximum Gasteiger partial charge on any atom is 0.246 e. The lowest BCUT2D eigenvalue weighted by molar-refractivity contribution is -0.141. The molecule has 1 aromatic carbocycles. The average molecular weight is 347 g/mol. The molecule has 0 radical (unpaired) electrons. The van der Waals surface area contributed by atoms with Crippen LogP contribution in [-0.4, -0.2) is 47.4 Å². The second kappa shape index (κ2) is 5.75. The Morgan fingerprint density at radius 2 is 1.83 bits per heavy atom. The molecule has 1 N–H and O–H groups in total. The smallest absolute Gasteiger partial charge is 0.246 e. The van der Waals surface area contributed by atoms with Crippen LogP contribution in [0.1, 0.15) is 12.8 Å². The Balaban J connectivity index is 1.51. The van der Waals surface area contributed by atoms with Gasteiger partial charge in [-0.15, -0.1) is 0 Å². The molecule has 1 aromatic heterocycles. The van der Waals surface area contributed by atoms with Gasteiger partial charge in [-0.2, -0.15) is 0 Å². The number of aromatic nitrogens is 1. The van der Waals surface area contributed by atoms with Gasteiger partial charge in [-0.1, -0.05) is 11.3 Å². The van der Waals surface area contributed by atoms with E-state index in [4.69, 9.17) is 9.47 Å². The molecule has 124 valence electrons. The first-order valence-corrected chi connectivity index (χ1v) is 8.25. The van der Waals surface area contributed by atoms with E-state index in [2.05, 4.69) is 10.3 Å². The number of carbonyl (C=O) groups is 3.